The number of nitrogens with one attached hydrogen (secondary N) is 1. The van der Waals surface area contributed by atoms with Crippen LogP contribution in [0.3, 0.4) is 0 Å². The van der Waals surface area contributed by atoms with Crippen molar-refractivity contribution < 1.29 is 0 Å². The van der Waals surface area contributed by atoms with Crippen molar-refractivity contribution in [1.29, 1.82) is 0 Å². The summed E-state index contributed by atoms with van der Waals surface area (Å²) >= 11 is 1.63. The first kappa shape index (κ1) is 15.9. The van der Waals surface area contributed by atoms with Crippen molar-refractivity contribution in [3.05, 3.63) is 47.4 Å². The average Bonchev–Trinajstić information content (AvgIpc) is 3.02. The fraction of sp³-hybridized carbons (Fsp3) is 0.125. The molecule has 0 aliphatic heterocycles. The molecule has 8 heteroatoms. The highest BCUT2D eigenvalue weighted by Crippen LogP contribution is 2.24. The van der Waals surface area contributed by atoms with E-state index in [2.05, 4.69) is 31.3 Å². The summed E-state index contributed by atoms with van der Waals surface area (Å²) < 4.78 is 0. The number of aromatic nitrogens is 3. The van der Waals surface area contributed by atoms with Crippen molar-refractivity contribution in [2.24, 2.45) is 10.7 Å². The number of anilines is 2. The maximum Gasteiger partial charge on any atom is 0.169 e. The first-order valence-corrected chi connectivity index (χ1v) is 8.07. The van der Waals surface area contributed by atoms with Crippen LogP contribution >= 0.6 is 11.3 Å². The van der Waals surface area contributed by atoms with Crippen LogP contribution in [-0.2, 0) is 6.54 Å². The van der Waals surface area contributed by atoms with Gasteiger partial charge in [-0.15, -0.1) is 11.3 Å². The number of nitrogens with two attached hydrogens (primary N) is 2. The Morgan fingerprint density at radius 2 is 2.29 bits per heavy atom. The zero-order valence-corrected chi connectivity index (χ0v) is 13.9. The van der Waals surface area contributed by atoms with Gasteiger partial charge in [0.15, 0.2) is 11.6 Å². The van der Waals surface area contributed by atoms with Gasteiger partial charge in [-0.05, 0) is 12.1 Å². The van der Waals surface area contributed by atoms with Crippen LogP contribution in [0, 0.1) is 0 Å². The summed E-state index contributed by atoms with van der Waals surface area (Å²) in [7, 11) is 1.67. The molecule has 0 radical (unpaired) electrons. The SMILES string of the molecule is CN=CC(=CN)c1cnc(N)c(NCc2cc3cccnc3s2)n1. The Morgan fingerprint density at radius 3 is 3.04 bits per heavy atom. The van der Waals surface area contributed by atoms with Gasteiger partial charge in [0.1, 0.15) is 4.83 Å². The lowest BCUT2D eigenvalue weighted by Crippen LogP contribution is -2.07. The van der Waals surface area contributed by atoms with E-state index in [1.807, 2.05) is 12.1 Å². The van der Waals surface area contributed by atoms with Gasteiger partial charge in [-0.25, -0.2) is 15.0 Å². The number of allylic oxidation sites excluding steroid dienone is 1. The summed E-state index contributed by atoms with van der Waals surface area (Å²) in [6.07, 6.45) is 6.43. The molecular formula is C16H17N7S. The number of thiophene rings is 1. The second-order valence-corrected chi connectivity index (χ2v) is 6.08. The number of aliphatic imine (C=N–C) groups is 1. The van der Waals surface area contributed by atoms with Gasteiger partial charge in [0.05, 0.1) is 18.4 Å². The number of rotatable bonds is 5. The number of pyridine rings is 1. The van der Waals surface area contributed by atoms with Gasteiger partial charge in [-0.3, -0.25) is 4.99 Å². The Kier molecular flexibility index (Phi) is 4.66. The smallest absolute Gasteiger partial charge is 0.169 e. The molecule has 7 nitrogen and oxygen atoms in total. The Hall–Kier alpha value is -3.00. The molecule has 0 bridgehead atoms. The van der Waals surface area contributed by atoms with Gasteiger partial charge in [0.25, 0.3) is 0 Å². The normalized spacial score (nSPS) is 12.1. The minimum atomic E-state index is 0.336. The van der Waals surface area contributed by atoms with E-state index >= 15 is 0 Å². The molecule has 0 aliphatic carbocycles. The molecule has 0 unspecified atom stereocenters. The number of hydrogen-bond donors (Lipinski definition) is 3. The van der Waals surface area contributed by atoms with Crippen molar-refractivity contribution in [3.8, 4) is 0 Å². The highest BCUT2D eigenvalue weighted by Gasteiger charge is 2.08. The minimum Gasteiger partial charge on any atom is -0.404 e. The number of hydrogen-bond acceptors (Lipinski definition) is 8. The molecule has 3 heterocycles. The van der Waals surface area contributed by atoms with Crippen LogP contribution in [-0.4, -0.2) is 28.2 Å². The quantitative estimate of drug-likeness (QED) is 0.614. The van der Waals surface area contributed by atoms with Crippen LogP contribution in [0.1, 0.15) is 10.6 Å². The lowest BCUT2D eigenvalue weighted by Gasteiger charge is -2.08. The molecule has 0 atom stereocenters. The van der Waals surface area contributed by atoms with Gasteiger partial charge in [-0.2, -0.15) is 0 Å². The van der Waals surface area contributed by atoms with Crippen LogP contribution in [0.4, 0.5) is 11.6 Å². The average molecular weight is 339 g/mol. The van der Waals surface area contributed by atoms with Crippen LogP contribution in [0.5, 0.6) is 0 Å². The third-order valence-corrected chi connectivity index (χ3v) is 4.38. The van der Waals surface area contributed by atoms with Crippen molar-refractivity contribution in [1.82, 2.24) is 15.0 Å². The number of fused-ring (bicyclic) bond motifs is 1. The maximum absolute atomic E-state index is 5.91. The fourth-order valence-electron chi connectivity index (χ4n) is 2.18. The minimum absolute atomic E-state index is 0.336. The van der Waals surface area contributed by atoms with E-state index in [-0.39, 0.29) is 0 Å². The highest BCUT2D eigenvalue weighted by atomic mass is 32.1. The number of nitrogens with zero attached hydrogens (tertiary/aromatic N) is 4. The number of nitrogen functional groups attached to an aromatic ring is 1. The largest absolute Gasteiger partial charge is 0.404 e. The second-order valence-electron chi connectivity index (χ2n) is 4.96. The van der Waals surface area contributed by atoms with Crippen LogP contribution in [0.25, 0.3) is 15.8 Å². The molecule has 0 saturated carbocycles. The van der Waals surface area contributed by atoms with E-state index < -0.39 is 0 Å². The molecule has 3 rings (SSSR count). The summed E-state index contributed by atoms with van der Waals surface area (Å²) in [5.74, 6) is 0.851. The van der Waals surface area contributed by atoms with Gasteiger partial charge >= 0.3 is 0 Å². The summed E-state index contributed by atoms with van der Waals surface area (Å²) in [6, 6.07) is 6.07. The van der Waals surface area contributed by atoms with Crippen molar-refractivity contribution in [2.75, 3.05) is 18.1 Å². The summed E-state index contributed by atoms with van der Waals surface area (Å²) in [4.78, 5) is 19.1. The Balaban J connectivity index is 1.81. The Labute approximate surface area is 143 Å². The first-order chi connectivity index (χ1) is 11.7. The molecule has 0 aromatic carbocycles. The van der Waals surface area contributed by atoms with E-state index in [9.17, 15) is 0 Å². The molecule has 5 N–H and O–H groups in total. The summed E-state index contributed by atoms with van der Waals surface area (Å²) in [6.45, 7) is 0.590. The van der Waals surface area contributed by atoms with E-state index in [4.69, 9.17) is 11.5 Å². The molecule has 0 saturated heterocycles. The zero-order valence-electron chi connectivity index (χ0n) is 13.1. The lowest BCUT2D eigenvalue weighted by atomic mass is 10.2. The van der Waals surface area contributed by atoms with E-state index in [1.165, 1.54) is 6.20 Å². The predicted molar refractivity (Wildman–Crippen MR) is 100.0 cm³/mol. The Morgan fingerprint density at radius 1 is 1.42 bits per heavy atom. The lowest BCUT2D eigenvalue weighted by molar-refractivity contribution is 1.10. The van der Waals surface area contributed by atoms with E-state index in [0.717, 1.165) is 15.1 Å². The van der Waals surface area contributed by atoms with Crippen LogP contribution < -0.4 is 16.8 Å². The molecule has 24 heavy (non-hydrogen) atoms. The van der Waals surface area contributed by atoms with Gasteiger partial charge in [-0.1, -0.05) is 6.07 Å². The fourth-order valence-corrected chi connectivity index (χ4v) is 3.12. The van der Waals surface area contributed by atoms with E-state index in [0.29, 0.717) is 29.4 Å². The zero-order chi connectivity index (χ0) is 16.9. The molecule has 0 amide bonds. The van der Waals surface area contributed by atoms with Crippen molar-refractivity contribution >= 4 is 45.0 Å². The van der Waals surface area contributed by atoms with Gasteiger partial charge in [0, 0.05) is 41.5 Å². The van der Waals surface area contributed by atoms with Gasteiger partial charge < -0.3 is 16.8 Å². The summed E-state index contributed by atoms with van der Waals surface area (Å²) in [5.41, 5.74) is 12.8. The molecule has 3 aromatic rings. The molecule has 0 aliphatic rings. The monoisotopic (exact) mass is 339 g/mol. The van der Waals surface area contributed by atoms with Crippen molar-refractivity contribution in [2.45, 2.75) is 6.54 Å². The van der Waals surface area contributed by atoms with Gasteiger partial charge in [0.2, 0.25) is 0 Å². The molecule has 0 fully saturated rings. The maximum atomic E-state index is 5.91. The molecule has 122 valence electrons. The topological polar surface area (TPSA) is 115 Å². The Bertz CT molecular complexity index is 881. The molecular weight excluding hydrogens is 322 g/mol. The highest BCUT2D eigenvalue weighted by molar-refractivity contribution is 7.18. The third-order valence-electron chi connectivity index (χ3n) is 3.32. The molecule has 3 aromatic heterocycles. The van der Waals surface area contributed by atoms with Crippen LogP contribution in [0.15, 0.2) is 41.8 Å². The summed E-state index contributed by atoms with van der Waals surface area (Å²) in [5, 5.41) is 4.35. The molecule has 0 spiro atoms. The van der Waals surface area contributed by atoms with E-state index in [1.54, 1.807) is 37.0 Å². The first-order valence-electron chi connectivity index (χ1n) is 7.25. The standard InChI is InChI=1S/C16H17N7S/c1-19-7-11(6-17)13-9-21-14(18)15(23-13)22-8-12-5-10-3-2-4-20-16(10)24-12/h2-7,9H,8,17H2,1H3,(H2,18,21)(H,22,23). The van der Waals surface area contributed by atoms with Crippen LogP contribution in [0.2, 0.25) is 0 Å². The third kappa shape index (κ3) is 3.33. The predicted octanol–water partition coefficient (Wildman–Crippen LogP) is 2.28. The van der Waals surface area contributed by atoms with Crippen molar-refractivity contribution in [3.63, 3.8) is 0 Å². The second kappa shape index (κ2) is 7.05.